The first-order chi connectivity index (χ1) is 16.2. The van der Waals surface area contributed by atoms with Gasteiger partial charge in [0.1, 0.15) is 17.9 Å². The Balaban J connectivity index is 2.10. The molecule has 0 aromatic heterocycles. The zero-order chi connectivity index (χ0) is 25.0. The smallest absolute Gasteiger partial charge is 0.270 e. The molecule has 1 aliphatic heterocycles. The first-order valence-corrected chi connectivity index (χ1v) is 10.5. The molecule has 0 saturated heterocycles. The fourth-order valence-corrected chi connectivity index (χ4v) is 4.11. The lowest BCUT2D eigenvalue weighted by Gasteiger charge is -2.47. The third-order valence-corrected chi connectivity index (χ3v) is 6.01. The van der Waals surface area contributed by atoms with E-state index in [2.05, 4.69) is 4.99 Å². The molecular formula is C22H24ClN5O6. The van der Waals surface area contributed by atoms with Crippen LogP contribution in [0.3, 0.4) is 0 Å². The Morgan fingerprint density at radius 1 is 1.41 bits per heavy atom. The third-order valence-electron chi connectivity index (χ3n) is 5.64. The minimum absolute atomic E-state index is 0.0703. The summed E-state index contributed by atoms with van der Waals surface area (Å²) in [5.74, 6) is -0.0267. The summed E-state index contributed by atoms with van der Waals surface area (Å²) >= 11 is 6.17. The van der Waals surface area contributed by atoms with Gasteiger partial charge in [0.05, 0.1) is 11.5 Å². The highest BCUT2D eigenvalue weighted by molar-refractivity contribution is 6.31. The minimum Gasteiger partial charge on any atom is -0.479 e. The van der Waals surface area contributed by atoms with Crippen molar-refractivity contribution in [3.8, 4) is 11.9 Å². The standard InChI is InChI=1S/C22H24ClN5O6/c1-22(20(32-2)33-3)19(29)18(15-10-14(28(30)31)8-9-17(15)34-22)27(12-24)21(25)26-11-13-6-4-5-7-16(13)23/h4-10,18-20,29H,11H2,1-3H3,(H2,25,26). The van der Waals surface area contributed by atoms with Gasteiger partial charge in [-0.05, 0) is 24.6 Å². The Kier molecular flexibility index (Phi) is 7.58. The number of hydrogen-bond acceptors (Lipinski definition) is 8. The second-order valence-corrected chi connectivity index (χ2v) is 8.10. The number of nitriles is 1. The number of aliphatic hydroxyl groups excluding tert-OH is 1. The number of nitrogens with two attached hydrogens (primary N) is 1. The van der Waals surface area contributed by atoms with E-state index in [1.807, 2.05) is 6.19 Å². The summed E-state index contributed by atoms with van der Waals surface area (Å²) in [6, 6.07) is 9.69. The van der Waals surface area contributed by atoms with Crippen LogP contribution in [-0.4, -0.2) is 53.1 Å². The Bertz CT molecular complexity index is 1140. The summed E-state index contributed by atoms with van der Waals surface area (Å²) in [5, 5.41) is 33.3. The van der Waals surface area contributed by atoms with E-state index in [0.717, 1.165) is 4.90 Å². The fraction of sp³-hybridized carbons (Fsp3) is 0.364. The van der Waals surface area contributed by atoms with Crippen molar-refractivity contribution in [3.63, 3.8) is 0 Å². The number of non-ortho nitro benzene ring substituents is 1. The van der Waals surface area contributed by atoms with E-state index >= 15 is 0 Å². The molecule has 3 N–H and O–H groups in total. The van der Waals surface area contributed by atoms with E-state index in [1.165, 1.54) is 32.4 Å². The van der Waals surface area contributed by atoms with Crippen molar-refractivity contribution >= 4 is 23.2 Å². The molecule has 3 unspecified atom stereocenters. The number of aliphatic imine (C=N–C) groups is 1. The largest absolute Gasteiger partial charge is 0.479 e. The summed E-state index contributed by atoms with van der Waals surface area (Å²) in [7, 11) is 2.74. The first-order valence-electron chi connectivity index (χ1n) is 10.1. The average Bonchev–Trinajstić information content (AvgIpc) is 2.81. The van der Waals surface area contributed by atoms with Gasteiger partial charge in [0, 0.05) is 36.9 Å². The number of nitrogens with zero attached hydrogens (tertiary/aromatic N) is 4. The Hall–Kier alpha value is -3.43. The molecule has 180 valence electrons. The van der Waals surface area contributed by atoms with Gasteiger partial charge < -0.3 is 25.1 Å². The van der Waals surface area contributed by atoms with Crippen molar-refractivity contribution in [2.75, 3.05) is 14.2 Å². The summed E-state index contributed by atoms with van der Waals surface area (Å²) in [6.07, 6.45) is -0.585. The molecule has 0 radical (unpaired) electrons. The second kappa shape index (κ2) is 10.2. The van der Waals surface area contributed by atoms with Gasteiger partial charge in [-0.1, -0.05) is 29.8 Å². The number of nitro groups is 1. The van der Waals surface area contributed by atoms with E-state index < -0.39 is 29.0 Å². The predicted molar refractivity (Wildman–Crippen MR) is 123 cm³/mol. The van der Waals surface area contributed by atoms with E-state index in [-0.39, 0.29) is 29.5 Å². The molecule has 1 heterocycles. The Labute approximate surface area is 201 Å². The summed E-state index contributed by atoms with van der Waals surface area (Å²) in [6.45, 7) is 1.61. The van der Waals surface area contributed by atoms with Crippen molar-refractivity contribution in [2.45, 2.75) is 37.5 Å². The topological polar surface area (TPSA) is 156 Å². The van der Waals surface area contributed by atoms with Crippen LogP contribution in [0, 0.1) is 21.6 Å². The molecule has 1 aliphatic rings. The van der Waals surface area contributed by atoms with Crippen LogP contribution in [0.15, 0.2) is 47.5 Å². The van der Waals surface area contributed by atoms with E-state index in [4.69, 9.17) is 31.5 Å². The number of nitro benzene ring substituents is 1. The number of benzene rings is 2. The third kappa shape index (κ3) is 4.62. The number of hydrogen-bond donors (Lipinski definition) is 2. The van der Waals surface area contributed by atoms with Crippen LogP contribution in [0.4, 0.5) is 5.69 Å². The Morgan fingerprint density at radius 3 is 2.68 bits per heavy atom. The van der Waals surface area contributed by atoms with Gasteiger partial charge in [0.2, 0.25) is 5.96 Å². The molecule has 0 bridgehead atoms. The van der Waals surface area contributed by atoms with Crippen molar-refractivity contribution in [1.29, 1.82) is 5.26 Å². The zero-order valence-electron chi connectivity index (χ0n) is 18.7. The molecule has 0 saturated carbocycles. The summed E-state index contributed by atoms with van der Waals surface area (Å²) < 4.78 is 16.7. The van der Waals surface area contributed by atoms with Crippen molar-refractivity contribution < 1.29 is 24.2 Å². The van der Waals surface area contributed by atoms with Gasteiger partial charge in [-0.3, -0.25) is 10.1 Å². The van der Waals surface area contributed by atoms with Gasteiger partial charge >= 0.3 is 0 Å². The second-order valence-electron chi connectivity index (χ2n) is 7.69. The van der Waals surface area contributed by atoms with E-state index in [0.29, 0.717) is 10.6 Å². The average molecular weight is 490 g/mol. The number of methoxy groups -OCH3 is 2. The van der Waals surface area contributed by atoms with E-state index in [1.54, 1.807) is 31.2 Å². The number of guanidine groups is 1. The van der Waals surface area contributed by atoms with Crippen LogP contribution in [0.25, 0.3) is 0 Å². The van der Waals surface area contributed by atoms with Crippen LogP contribution < -0.4 is 10.5 Å². The number of fused-ring (bicyclic) bond motifs is 1. The molecular weight excluding hydrogens is 466 g/mol. The molecule has 11 nitrogen and oxygen atoms in total. The SMILES string of the molecule is COC(OC)C1(C)Oc2ccc([N+](=O)[O-])cc2C(N(C#N)C(N)=NCc2ccccc2Cl)C1O. The molecule has 12 heteroatoms. The van der Waals surface area contributed by atoms with Crippen LogP contribution in [0.1, 0.15) is 24.1 Å². The van der Waals surface area contributed by atoms with Crippen LogP contribution in [0.5, 0.6) is 5.75 Å². The molecule has 34 heavy (non-hydrogen) atoms. The normalized spacial score (nSPS) is 22.0. The molecule has 0 spiro atoms. The maximum atomic E-state index is 11.4. The predicted octanol–water partition coefficient (Wildman–Crippen LogP) is 2.72. The lowest BCUT2D eigenvalue weighted by Crippen LogP contribution is -2.62. The highest BCUT2D eigenvalue weighted by Crippen LogP contribution is 2.46. The minimum atomic E-state index is -1.50. The van der Waals surface area contributed by atoms with Gasteiger partial charge in [-0.25, -0.2) is 9.89 Å². The molecule has 0 amide bonds. The number of aliphatic hydroxyl groups is 1. The maximum Gasteiger partial charge on any atom is 0.270 e. The van der Waals surface area contributed by atoms with Gasteiger partial charge in [0.15, 0.2) is 18.1 Å². The Morgan fingerprint density at radius 2 is 2.09 bits per heavy atom. The zero-order valence-corrected chi connectivity index (χ0v) is 19.5. The monoisotopic (exact) mass is 489 g/mol. The number of halogens is 1. The van der Waals surface area contributed by atoms with E-state index in [9.17, 15) is 20.5 Å². The summed E-state index contributed by atoms with van der Waals surface area (Å²) in [5.41, 5.74) is 5.28. The molecule has 0 aliphatic carbocycles. The number of ether oxygens (including phenoxy) is 3. The van der Waals surface area contributed by atoms with Crippen molar-refractivity contribution in [1.82, 2.24) is 4.90 Å². The van der Waals surface area contributed by atoms with Gasteiger partial charge in [0.25, 0.3) is 5.69 Å². The molecule has 0 fully saturated rings. The van der Waals surface area contributed by atoms with Crippen LogP contribution in [0.2, 0.25) is 5.02 Å². The van der Waals surface area contributed by atoms with Crippen LogP contribution >= 0.6 is 11.6 Å². The molecule has 3 rings (SSSR count). The quantitative estimate of drug-likeness (QED) is 0.113. The highest BCUT2D eigenvalue weighted by Gasteiger charge is 2.54. The van der Waals surface area contributed by atoms with Gasteiger partial charge in [-0.15, -0.1) is 0 Å². The van der Waals surface area contributed by atoms with Crippen molar-refractivity contribution in [2.24, 2.45) is 10.7 Å². The van der Waals surface area contributed by atoms with Crippen molar-refractivity contribution in [3.05, 3.63) is 68.7 Å². The van der Waals surface area contributed by atoms with Gasteiger partial charge in [-0.2, -0.15) is 5.26 Å². The van der Waals surface area contributed by atoms with Crippen LogP contribution in [-0.2, 0) is 16.0 Å². The first kappa shape index (κ1) is 25.2. The lowest BCUT2D eigenvalue weighted by molar-refractivity contribution is -0.385. The molecule has 2 aromatic rings. The molecule has 2 aromatic carbocycles. The summed E-state index contributed by atoms with van der Waals surface area (Å²) in [4.78, 5) is 16.0. The highest BCUT2D eigenvalue weighted by atomic mass is 35.5. The lowest BCUT2D eigenvalue weighted by atomic mass is 9.83. The fourth-order valence-electron chi connectivity index (χ4n) is 3.91. The molecule has 3 atom stereocenters. The number of rotatable bonds is 7. The maximum absolute atomic E-state index is 11.4.